The van der Waals surface area contributed by atoms with E-state index in [-0.39, 0.29) is 5.54 Å². The Morgan fingerprint density at radius 3 is 2.54 bits per heavy atom. The molecule has 0 saturated carbocycles. The van der Waals surface area contributed by atoms with Crippen molar-refractivity contribution in [2.45, 2.75) is 38.6 Å². The van der Waals surface area contributed by atoms with Crippen LogP contribution in [-0.2, 0) is 11.2 Å². The van der Waals surface area contributed by atoms with Gasteiger partial charge >= 0.3 is 0 Å². The van der Waals surface area contributed by atoms with E-state index in [9.17, 15) is 0 Å². The predicted octanol–water partition coefficient (Wildman–Crippen LogP) is 1.58. The largest absolute Gasteiger partial charge is 0.381 e. The molecule has 0 unspecified atom stereocenters. The molecule has 6 nitrogen and oxygen atoms in total. The number of nitrogens with one attached hydrogen (secondary N) is 2. The Morgan fingerprint density at radius 1 is 1.29 bits per heavy atom. The van der Waals surface area contributed by atoms with Gasteiger partial charge in [-0.25, -0.2) is 4.98 Å². The molecule has 1 aliphatic rings. The summed E-state index contributed by atoms with van der Waals surface area (Å²) in [6.07, 6.45) is 3.01. The Kier molecular flexibility index (Phi) is 7.01. The van der Waals surface area contributed by atoms with E-state index in [0.29, 0.717) is 0 Å². The molecule has 1 aromatic rings. The van der Waals surface area contributed by atoms with Gasteiger partial charge in [-0.2, -0.15) is 0 Å². The van der Waals surface area contributed by atoms with Crippen molar-refractivity contribution in [2.24, 2.45) is 4.99 Å². The van der Waals surface area contributed by atoms with E-state index >= 15 is 0 Å². The summed E-state index contributed by atoms with van der Waals surface area (Å²) in [7, 11) is 6.12. The minimum Gasteiger partial charge on any atom is -0.381 e. The maximum Gasteiger partial charge on any atom is 0.191 e. The van der Waals surface area contributed by atoms with Crippen LogP contribution < -0.4 is 10.6 Å². The van der Waals surface area contributed by atoms with Crippen molar-refractivity contribution in [3.05, 3.63) is 15.6 Å². The number of aliphatic imine (C=N–C) groups is 1. The van der Waals surface area contributed by atoms with Gasteiger partial charge in [-0.15, -0.1) is 11.3 Å². The molecule has 0 aliphatic carbocycles. The standard InChI is InChI=1S/C17H31N5OS/c1-13-14(2)24-15(21-13)6-9-19-16(18-3)20-12-17(22(4)5)7-10-23-11-8-17/h6-12H2,1-5H3,(H2,18,19,20). The molecule has 24 heavy (non-hydrogen) atoms. The van der Waals surface area contributed by atoms with Gasteiger partial charge in [-0.05, 0) is 40.8 Å². The highest BCUT2D eigenvalue weighted by atomic mass is 32.1. The smallest absolute Gasteiger partial charge is 0.191 e. The summed E-state index contributed by atoms with van der Waals surface area (Å²) in [5, 5.41) is 8.07. The lowest BCUT2D eigenvalue weighted by Gasteiger charge is -2.43. The quantitative estimate of drug-likeness (QED) is 0.601. The zero-order chi connectivity index (χ0) is 17.6. The van der Waals surface area contributed by atoms with Crippen LogP contribution in [0.4, 0.5) is 0 Å². The summed E-state index contributed by atoms with van der Waals surface area (Å²) in [6.45, 7) is 7.56. The Labute approximate surface area is 149 Å². The monoisotopic (exact) mass is 353 g/mol. The topological polar surface area (TPSA) is 61.8 Å². The van der Waals surface area contributed by atoms with Crippen LogP contribution in [0.5, 0.6) is 0 Å². The molecule has 1 aliphatic heterocycles. The highest BCUT2D eigenvalue weighted by Crippen LogP contribution is 2.25. The van der Waals surface area contributed by atoms with Crippen LogP contribution in [0.15, 0.2) is 4.99 Å². The SMILES string of the molecule is CN=C(NCCc1nc(C)c(C)s1)NCC1(N(C)C)CCOCC1. The van der Waals surface area contributed by atoms with Gasteiger partial charge in [-0.3, -0.25) is 4.99 Å². The van der Waals surface area contributed by atoms with Crippen molar-refractivity contribution in [1.29, 1.82) is 0 Å². The second kappa shape index (κ2) is 8.78. The highest BCUT2D eigenvalue weighted by molar-refractivity contribution is 7.11. The molecule has 0 spiro atoms. The fraction of sp³-hybridized carbons (Fsp3) is 0.765. The van der Waals surface area contributed by atoms with Gasteiger partial charge in [-0.1, -0.05) is 0 Å². The van der Waals surface area contributed by atoms with Crippen LogP contribution >= 0.6 is 11.3 Å². The molecule has 2 rings (SSSR count). The molecule has 2 heterocycles. The fourth-order valence-electron chi connectivity index (χ4n) is 2.94. The van der Waals surface area contributed by atoms with E-state index < -0.39 is 0 Å². The molecule has 1 fully saturated rings. The number of thiazole rings is 1. The zero-order valence-electron chi connectivity index (χ0n) is 15.6. The highest BCUT2D eigenvalue weighted by Gasteiger charge is 2.34. The number of hydrogen-bond acceptors (Lipinski definition) is 5. The van der Waals surface area contributed by atoms with Crippen LogP contribution in [0.1, 0.15) is 28.4 Å². The summed E-state index contributed by atoms with van der Waals surface area (Å²) in [5.74, 6) is 0.854. The van der Waals surface area contributed by atoms with Gasteiger partial charge in [0.15, 0.2) is 5.96 Å². The van der Waals surface area contributed by atoms with Gasteiger partial charge < -0.3 is 20.3 Å². The number of guanidine groups is 1. The average molecular weight is 354 g/mol. The van der Waals surface area contributed by atoms with Gasteiger partial charge in [0.05, 0.1) is 10.7 Å². The Bertz CT molecular complexity index is 530. The first-order chi connectivity index (χ1) is 11.5. The molecule has 2 N–H and O–H groups in total. The maximum atomic E-state index is 5.53. The number of likely N-dealkylation sites (N-methyl/N-ethyl adjacent to an activating group) is 1. The number of nitrogens with zero attached hydrogens (tertiary/aromatic N) is 3. The van der Waals surface area contributed by atoms with Crippen LogP contribution in [-0.4, -0.2) is 68.8 Å². The fourth-order valence-corrected chi connectivity index (χ4v) is 3.87. The summed E-state index contributed by atoms with van der Waals surface area (Å²) in [4.78, 5) is 12.6. The van der Waals surface area contributed by atoms with Gasteiger partial charge in [0, 0.05) is 50.2 Å². The lowest BCUT2D eigenvalue weighted by atomic mass is 9.88. The molecule has 0 bridgehead atoms. The van der Waals surface area contributed by atoms with Crippen molar-refractivity contribution in [1.82, 2.24) is 20.5 Å². The van der Waals surface area contributed by atoms with Gasteiger partial charge in [0.1, 0.15) is 0 Å². The Morgan fingerprint density at radius 2 is 2.00 bits per heavy atom. The second-order valence-corrected chi connectivity index (χ2v) is 7.87. The van der Waals surface area contributed by atoms with E-state index in [0.717, 1.165) is 57.2 Å². The average Bonchev–Trinajstić information content (AvgIpc) is 2.89. The van der Waals surface area contributed by atoms with E-state index in [4.69, 9.17) is 4.74 Å². The first kappa shape index (κ1) is 19.1. The van der Waals surface area contributed by atoms with Crippen molar-refractivity contribution in [2.75, 3.05) is 47.4 Å². The number of rotatable bonds is 6. The lowest BCUT2D eigenvalue weighted by molar-refractivity contribution is -0.00500. The maximum absolute atomic E-state index is 5.53. The van der Waals surface area contributed by atoms with Gasteiger partial charge in [0.25, 0.3) is 0 Å². The Balaban J connectivity index is 1.81. The second-order valence-electron chi connectivity index (χ2n) is 6.58. The summed E-state index contributed by atoms with van der Waals surface area (Å²) in [5.41, 5.74) is 1.28. The molecule has 0 radical (unpaired) electrons. The normalized spacial score (nSPS) is 18.0. The first-order valence-electron chi connectivity index (χ1n) is 8.59. The molecule has 136 valence electrons. The first-order valence-corrected chi connectivity index (χ1v) is 9.41. The number of aryl methyl sites for hydroxylation is 2. The minimum atomic E-state index is 0.138. The molecule has 1 aromatic heterocycles. The van der Waals surface area contributed by atoms with Crippen LogP contribution in [0, 0.1) is 13.8 Å². The summed E-state index contributed by atoms with van der Waals surface area (Å²) in [6, 6.07) is 0. The third-order valence-electron chi connectivity index (χ3n) is 4.88. The van der Waals surface area contributed by atoms with Crippen molar-refractivity contribution >= 4 is 17.3 Å². The van der Waals surface area contributed by atoms with Crippen molar-refractivity contribution in [3.63, 3.8) is 0 Å². The molecule has 0 aromatic carbocycles. The molecular formula is C17H31N5OS. The molecule has 7 heteroatoms. The number of ether oxygens (including phenoxy) is 1. The van der Waals surface area contributed by atoms with Crippen LogP contribution in [0.25, 0.3) is 0 Å². The number of hydrogen-bond donors (Lipinski definition) is 2. The summed E-state index contributed by atoms with van der Waals surface area (Å²) >= 11 is 1.78. The Hall–Kier alpha value is -1.18. The van der Waals surface area contributed by atoms with E-state index in [1.54, 1.807) is 11.3 Å². The number of aromatic nitrogens is 1. The van der Waals surface area contributed by atoms with Crippen molar-refractivity contribution in [3.8, 4) is 0 Å². The lowest BCUT2D eigenvalue weighted by Crippen LogP contribution is -2.57. The van der Waals surface area contributed by atoms with Crippen LogP contribution in [0.3, 0.4) is 0 Å². The van der Waals surface area contributed by atoms with E-state index in [1.807, 2.05) is 7.05 Å². The predicted molar refractivity (Wildman–Crippen MR) is 101 cm³/mol. The van der Waals surface area contributed by atoms with E-state index in [1.165, 1.54) is 9.88 Å². The zero-order valence-corrected chi connectivity index (χ0v) is 16.4. The van der Waals surface area contributed by atoms with Crippen LogP contribution in [0.2, 0.25) is 0 Å². The summed E-state index contributed by atoms with van der Waals surface area (Å²) < 4.78 is 5.53. The third kappa shape index (κ3) is 4.91. The molecule has 0 amide bonds. The van der Waals surface area contributed by atoms with Crippen molar-refractivity contribution < 1.29 is 4.74 Å². The van der Waals surface area contributed by atoms with Gasteiger partial charge in [0.2, 0.25) is 0 Å². The third-order valence-corrected chi connectivity index (χ3v) is 6.02. The minimum absolute atomic E-state index is 0.138. The molecular weight excluding hydrogens is 322 g/mol. The molecule has 1 saturated heterocycles. The molecule has 0 atom stereocenters. The van der Waals surface area contributed by atoms with E-state index in [2.05, 4.69) is 53.5 Å².